The molecule has 1 aliphatic rings. The van der Waals surface area contributed by atoms with E-state index < -0.39 is 0 Å². The fraction of sp³-hybridized carbons (Fsp3) is 0.600. The molecule has 0 radical (unpaired) electrons. The van der Waals surface area contributed by atoms with Crippen LogP contribution in [0.5, 0.6) is 0 Å². The topological polar surface area (TPSA) is 71.2 Å². The molecule has 0 spiro atoms. The van der Waals surface area contributed by atoms with Crippen LogP contribution in [0.4, 0.5) is 5.82 Å². The molecule has 3 heterocycles. The van der Waals surface area contributed by atoms with Crippen molar-refractivity contribution in [3.05, 3.63) is 28.8 Å². The van der Waals surface area contributed by atoms with Gasteiger partial charge in [-0.15, -0.1) is 0 Å². The molecule has 0 saturated carbocycles. The molecule has 0 N–H and O–H groups in total. The molecule has 1 atom stereocenters. The third-order valence-electron chi connectivity index (χ3n) is 4.25. The van der Waals surface area contributed by atoms with Crippen molar-refractivity contribution >= 4 is 5.82 Å². The molecular formula is C15H22N6O. The van der Waals surface area contributed by atoms with Crippen molar-refractivity contribution in [1.82, 2.24) is 25.0 Å². The second kappa shape index (κ2) is 5.64. The molecule has 1 fully saturated rings. The van der Waals surface area contributed by atoms with Crippen molar-refractivity contribution in [3.63, 3.8) is 0 Å². The summed E-state index contributed by atoms with van der Waals surface area (Å²) < 4.78 is 5.37. The monoisotopic (exact) mass is 302 g/mol. The quantitative estimate of drug-likeness (QED) is 0.834. The number of nitrogens with zero attached hydrogens (tertiary/aromatic N) is 6. The molecule has 3 rings (SSSR count). The van der Waals surface area contributed by atoms with Gasteiger partial charge in [-0.1, -0.05) is 5.16 Å². The Labute approximate surface area is 130 Å². The van der Waals surface area contributed by atoms with Crippen LogP contribution in [0, 0.1) is 27.7 Å². The van der Waals surface area contributed by atoms with E-state index in [2.05, 4.69) is 43.9 Å². The zero-order chi connectivity index (χ0) is 15.9. The Morgan fingerprint density at radius 2 is 1.77 bits per heavy atom. The van der Waals surface area contributed by atoms with Crippen LogP contribution in [-0.4, -0.2) is 51.7 Å². The van der Waals surface area contributed by atoms with Crippen molar-refractivity contribution in [2.45, 2.75) is 33.7 Å². The van der Waals surface area contributed by atoms with E-state index in [-0.39, 0.29) is 6.04 Å². The summed E-state index contributed by atoms with van der Waals surface area (Å²) in [7, 11) is 2.09. The van der Waals surface area contributed by atoms with Crippen LogP contribution in [0.3, 0.4) is 0 Å². The standard InChI is InChI=1S/C15H22N6O/c1-9-10(2)16-11(3)17-14(9)21-7-6-20(5)13(8-21)15-18-12(4)19-22-15/h13H,6-8H2,1-5H3. The van der Waals surface area contributed by atoms with E-state index in [0.717, 1.165) is 42.5 Å². The van der Waals surface area contributed by atoms with Crippen molar-refractivity contribution in [2.24, 2.45) is 0 Å². The van der Waals surface area contributed by atoms with Gasteiger partial charge < -0.3 is 9.42 Å². The van der Waals surface area contributed by atoms with Crippen molar-refractivity contribution < 1.29 is 4.52 Å². The fourth-order valence-electron chi connectivity index (χ4n) is 2.84. The number of likely N-dealkylation sites (N-methyl/N-ethyl adjacent to an activating group) is 1. The Hall–Kier alpha value is -2.02. The molecule has 118 valence electrons. The van der Waals surface area contributed by atoms with Gasteiger partial charge in [0.1, 0.15) is 17.7 Å². The van der Waals surface area contributed by atoms with Crippen LogP contribution in [0.1, 0.15) is 34.8 Å². The Morgan fingerprint density at radius 1 is 1.00 bits per heavy atom. The maximum absolute atomic E-state index is 5.37. The summed E-state index contributed by atoms with van der Waals surface area (Å²) in [6, 6.07) is 0.0879. The zero-order valence-corrected chi connectivity index (χ0v) is 13.8. The summed E-state index contributed by atoms with van der Waals surface area (Å²) in [5, 5.41) is 3.91. The van der Waals surface area contributed by atoms with Crippen LogP contribution in [0.2, 0.25) is 0 Å². The highest BCUT2D eigenvalue weighted by molar-refractivity contribution is 5.49. The molecule has 2 aromatic heterocycles. The molecule has 7 nitrogen and oxygen atoms in total. The van der Waals surface area contributed by atoms with Crippen LogP contribution < -0.4 is 4.90 Å². The minimum atomic E-state index is 0.0879. The first-order chi connectivity index (χ1) is 10.5. The SMILES string of the molecule is Cc1noc(C2CN(c3nc(C)nc(C)c3C)CCN2C)n1. The van der Waals surface area contributed by atoms with Crippen LogP contribution in [0.25, 0.3) is 0 Å². The zero-order valence-electron chi connectivity index (χ0n) is 13.8. The summed E-state index contributed by atoms with van der Waals surface area (Å²) in [5.41, 5.74) is 2.17. The lowest BCUT2D eigenvalue weighted by Crippen LogP contribution is -2.47. The number of rotatable bonds is 2. The average molecular weight is 302 g/mol. The molecule has 0 aliphatic carbocycles. The summed E-state index contributed by atoms with van der Waals surface area (Å²) >= 11 is 0. The lowest BCUT2D eigenvalue weighted by Gasteiger charge is -2.38. The fourth-order valence-corrected chi connectivity index (χ4v) is 2.84. The van der Waals surface area contributed by atoms with Crippen molar-refractivity contribution in [1.29, 1.82) is 0 Å². The summed E-state index contributed by atoms with van der Waals surface area (Å²) in [6.07, 6.45) is 0. The molecule has 0 amide bonds. The molecule has 0 bridgehead atoms. The summed E-state index contributed by atoms with van der Waals surface area (Å²) in [5.74, 6) is 3.16. The van der Waals surface area contributed by atoms with Gasteiger partial charge in [-0.05, 0) is 34.7 Å². The van der Waals surface area contributed by atoms with Crippen molar-refractivity contribution in [2.75, 3.05) is 31.6 Å². The third kappa shape index (κ3) is 2.68. The molecule has 1 unspecified atom stereocenters. The van der Waals surface area contributed by atoms with Crippen LogP contribution in [-0.2, 0) is 0 Å². The number of hydrogen-bond donors (Lipinski definition) is 0. The molecule has 0 aromatic carbocycles. The molecule has 2 aromatic rings. The molecule has 7 heteroatoms. The number of hydrogen-bond acceptors (Lipinski definition) is 7. The minimum absolute atomic E-state index is 0.0879. The second-order valence-electron chi connectivity index (χ2n) is 5.93. The Kier molecular flexibility index (Phi) is 3.82. The highest BCUT2D eigenvalue weighted by Gasteiger charge is 2.31. The summed E-state index contributed by atoms with van der Waals surface area (Å²) in [6.45, 7) is 10.5. The smallest absolute Gasteiger partial charge is 0.245 e. The normalized spacial score (nSPS) is 19.7. The van der Waals surface area contributed by atoms with Gasteiger partial charge in [0.15, 0.2) is 5.82 Å². The van der Waals surface area contributed by atoms with E-state index in [1.165, 1.54) is 0 Å². The van der Waals surface area contributed by atoms with E-state index >= 15 is 0 Å². The van der Waals surface area contributed by atoms with Gasteiger partial charge in [0.25, 0.3) is 0 Å². The maximum atomic E-state index is 5.37. The van der Waals surface area contributed by atoms with E-state index in [0.29, 0.717) is 11.7 Å². The lowest BCUT2D eigenvalue weighted by molar-refractivity contribution is 0.177. The van der Waals surface area contributed by atoms with E-state index in [1.54, 1.807) is 0 Å². The van der Waals surface area contributed by atoms with Gasteiger partial charge in [0.05, 0.1) is 0 Å². The summed E-state index contributed by atoms with van der Waals surface area (Å²) in [4.78, 5) is 18.0. The van der Waals surface area contributed by atoms with E-state index in [1.807, 2.05) is 20.8 Å². The highest BCUT2D eigenvalue weighted by atomic mass is 16.5. The van der Waals surface area contributed by atoms with Gasteiger partial charge >= 0.3 is 0 Å². The highest BCUT2D eigenvalue weighted by Crippen LogP contribution is 2.28. The first-order valence-electron chi connectivity index (χ1n) is 7.53. The third-order valence-corrected chi connectivity index (χ3v) is 4.25. The van der Waals surface area contributed by atoms with Crippen molar-refractivity contribution in [3.8, 4) is 0 Å². The van der Waals surface area contributed by atoms with E-state index in [4.69, 9.17) is 4.52 Å². The first kappa shape index (κ1) is 14.9. The van der Waals surface area contributed by atoms with Gasteiger partial charge in [0, 0.05) is 30.9 Å². The largest absolute Gasteiger partial charge is 0.353 e. The maximum Gasteiger partial charge on any atom is 0.245 e. The second-order valence-corrected chi connectivity index (χ2v) is 5.93. The van der Waals surface area contributed by atoms with Crippen LogP contribution in [0.15, 0.2) is 4.52 Å². The molecule has 1 saturated heterocycles. The minimum Gasteiger partial charge on any atom is -0.353 e. The predicted molar refractivity (Wildman–Crippen MR) is 82.9 cm³/mol. The Morgan fingerprint density at radius 3 is 2.45 bits per heavy atom. The predicted octanol–water partition coefficient (Wildman–Crippen LogP) is 1.59. The van der Waals surface area contributed by atoms with Gasteiger partial charge in [-0.3, -0.25) is 4.90 Å². The lowest BCUT2D eigenvalue weighted by atomic mass is 10.1. The average Bonchev–Trinajstić information content (AvgIpc) is 2.90. The molecular weight excluding hydrogens is 280 g/mol. The van der Waals surface area contributed by atoms with Gasteiger partial charge in [-0.2, -0.15) is 4.98 Å². The number of aryl methyl sites for hydroxylation is 3. The van der Waals surface area contributed by atoms with E-state index in [9.17, 15) is 0 Å². The first-order valence-corrected chi connectivity index (χ1v) is 7.53. The van der Waals surface area contributed by atoms with Crippen LogP contribution >= 0.6 is 0 Å². The van der Waals surface area contributed by atoms with Gasteiger partial charge in [-0.25, -0.2) is 9.97 Å². The molecule has 1 aliphatic heterocycles. The number of anilines is 1. The Balaban J connectivity index is 1.90. The molecule has 22 heavy (non-hydrogen) atoms. The van der Waals surface area contributed by atoms with Gasteiger partial charge in [0.2, 0.25) is 5.89 Å². The number of aromatic nitrogens is 4. The number of piperazine rings is 1. The Bertz CT molecular complexity index is 683.